The first-order valence-electron chi connectivity index (χ1n) is 10.8. The summed E-state index contributed by atoms with van der Waals surface area (Å²) in [6.07, 6.45) is -0.0225. The highest BCUT2D eigenvalue weighted by Crippen LogP contribution is 2.36. The number of benzene rings is 2. The Balaban J connectivity index is 1.47. The van der Waals surface area contributed by atoms with Crippen LogP contribution in [-0.4, -0.2) is 34.7 Å². The quantitative estimate of drug-likeness (QED) is 0.375. The largest absolute Gasteiger partial charge is 0.437 e. The summed E-state index contributed by atoms with van der Waals surface area (Å²) in [5, 5.41) is 24.9. The maximum absolute atomic E-state index is 13.8. The first-order valence-corrected chi connectivity index (χ1v) is 10.8. The van der Waals surface area contributed by atoms with Crippen LogP contribution in [0.1, 0.15) is 16.8 Å². The molecule has 6 aromatic rings. The SMILES string of the molecule is N#Cc1ccc(Cn2nccc2-c2cnc3c(C(F)(F)F)nn(-c4ccc5cn[nH]c5c4)c3c2)cc1. The summed E-state index contributed by atoms with van der Waals surface area (Å²) in [5.41, 5.74) is 2.77. The van der Waals surface area contributed by atoms with Crippen molar-refractivity contribution in [3.05, 3.63) is 90.0 Å². The topological polar surface area (TPSA) is 101 Å². The van der Waals surface area contributed by atoms with Gasteiger partial charge in [-0.1, -0.05) is 12.1 Å². The predicted molar refractivity (Wildman–Crippen MR) is 125 cm³/mol. The van der Waals surface area contributed by atoms with Crippen molar-refractivity contribution in [2.45, 2.75) is 12.7 Å². The Morgan fingerprint density at radius 3 is 2.61 bits per heavy atom. The zero-order chi connectivity index (χ0) is 24.9. The molecule has 4 aromatic heterocycles. The van der Waals surface area contributed by atoms with Crippen molar-refractivity contribution < 1.29 is 13.2 Å². The Hall–Kier alpha value is -4.98. The lowest BCUT2D eigenvalue weighted by Gasteiger charge is -2.09. The maximum Gasteiger partial charge on any atom is 0.437 e. The van der Waals surface area contributed by atoms with Gasteiger partial charge in [-0.3, -0.25) is 14.8 Å². The first kappa shape index (κ1) is 21.5. The third kappa shape index (κ3) is 3.65. The van der Waals surface area contributed by atoms with Crippen LogP contribution in [0.5, 0.6) is 0 Å². The number of alkyl halides is 3. The fourth-order valence-corrected chi connectivity index (χ4v) is 4.14. The van der Waals surface area contributed by atoms with Crippen LogP contribution in [0.15, 0.2) is 73.2 Å². The van der Waals surface area contributed by atoms with Gasteiger partial charge in [-0.05, 0) is 48.0 Å². The molecule has 0 unspecified atom stereocenters. The Labute approximate surface area is 201 Å². The third-order valence-corrected chi connectivity index (χ3v) is 5.89. The van der Waals surface area contributed by atoms with Crippen LogP contribution in [0.25, 0.3) is 38.9 Å². The van der Waals surface area contributed by atoms with Gasteiger partial charge in [-0.15, -0.1) is 0 Å². The van der Waals surface area contributed by atoms with Crippen molar-refractivity contribution in [2.24, 2.45) is 0 Å². The molecule has 0 bridgehead atoms. The Kier molecular flexibility index (Phi) is 4.82. The van der Waals surface area contributed by atoms with E-state index in [0.717, 1.165) is 10.9 Å². The molecule has 0 saturated carbocycles. The molecular weight excluding hydrogens is 469 g/mol. The van der Waals surface area contributed by atoms with E-state index in [-0.39, 0.29) is 11.0 Å². The number of halogens is 3. The number of pyridine rings is 1. The normalized spacial score (nSPS) is 11.8. The molecule has 0 aliphatic carbocycles. The molecular formula is C25H15F3N8. The minimum Gasteiger partial charge on any atom is -0.278 e. The smallest absolute Gasteiger partial charge is 0.278 e. The third-order valence-electron chi connectivity index (χ3n) is 5.89. The zero-order valence-corrected chi connectivity index (χ0v) is 18.4. The second-order valence-corrected chi connectivity index (χ2v) is 8.17. The minimum atomic E-state index is -4.67. The molecule has 0 radical (unpaired) electrons. The van der Waals surface area contributed by atoms with E-state index in [9.17, 15) is 13.2 Å². The fraction of sp³-hybridized carbons (Fsp3) is 0.0800. The van der Waals surface area contributed by atoms with Crippen molar-refractivity contribution >= 4 is 21.9 Å². The Morgan fingerprint density at radius 1 is 1.00 bits per heavy atom. The molecule has 0 atom stereocenters. The molecule has 11 heteroatoms. The number of hydrogen-bond acceptors (Lipinski definition) is 5. The maximum atomic E-state index is 13.8. The van der Waals surface area contributed by atoms with Crippen LogP contribution in [0.3, 0.4) is 0 Å². The van der Waals surface area contributed by atoms with Crippen molar-refractivity contribution in [3.8, 4) is 23.0 Å². The van der Waals surface area contributed by atoms with Gasteiger partial charge in [0.15, 0.2) is 5.69 Å². The van der Waals surface area contributed by atoms with Gasteiger partial charge < -0.3 is 0 Å². The molecule has 0 spiro atoms. The standard InChI is InChI=1S/C25H15F3N8/c26-25(27,28)24-23-22(36(34-24)19-6-5-17-13-31-33-20(17)10-19)9-18(12-30-23)21-7-8-32-35(21)14-16-3-1-15(11-29)2-4-16/h1-10,12-13H,14H2,(H,31,33). The number of aromatic amines is 1. The summed E-state index contributed by atoms with van der Waals surface area (Å²) in [7, 11) is 0. The Morgan fingerprint density at radius 2 is 1.83 bits per heavy atom. The van der Waals surface area contributed by atoms with Gasteiger partial charge in [0.1, 0.15) is 5.52 Å². The molecule has 8 nitrogen and oxygen atoms in total. The van der Waals surface area contributed by atoms with Crippen molar-refractivity contribution in [1.82, 2.24) is 34.7 Å². The van der Waals surface area contributed by atoms with E-state index in [4.69, 9.17) is 5.26 Å². The van der Waals surface area contributed by atoms with E-state index >= 15 is 0 Å². The summed E-state index contributed by atoms with van der Waals surface area (Å²) >= 11 is 0. The molecule has 0 fully saturated rings. The predicted octanol–water partition coefficient (Wildman–Crippen LogP) is 5.10. The van der Waals surface area contributed by atoms with Gasteiger partial charge in [0.25, 0.3) is 0 Å². The number of nitrogens with one attached hydrogen (secondary N) is 1. The minimum absolute atomic E-state index is 0.213. The van der Waals surface area contributed by atoms with E-state index in [2.05, 4.69) is 31.4 Å². The van der Waals surface area contributed by atoms with Gasteiger partial charge in [0.2, 0.25) is 0 Å². The summed E-state index contributed by atoms with van der Waals surface area (Å²) in [4.78, 5) is 4.17. The lowest BCUT2D eigenvalue weighted by atomic mass is 10.1. The van der Waals surface area contributed by atoms with E-state index in [1.807, 2.05) is 12.1 Å². The highest BCUT2D eigenvalue weighted by atomic mass is 19.4. The van der Waals surface area contributed by atoms with Crippen molar-refractivity contribution in [3.63, 3.8) is 0 Å². The fourth-order valence-electron chi connectivity index (χ4n) is 4.14. The number of rotatable bonds is 4. The number of H-pyrrole nitrogens is 1. The molecule has 36 heavy (non-hydrogen) atoms. The van der Waals surface area contributed by atoms with E-state index < -0.39 is 11.9 Å². The Bertz CT molecular complexity index is 1770. The second kappa shape index (κ2) is 8.06. The molecule has 2 aromatic carbocycles. The number of fused-ring (bicyclic) bond motifs is 2. The van der Waals surface area contributed by atoms with Gasteiger partial charge in [0.05, 0.1) is 46.8 Å². The first-order chi connectivity index (χ1) is 17.4. The highest BCUT2D eigenvalue weighted by Gasteiger charge is 2.38. The van der Waals surface area contributed by atoms with Crippen LogP contribution in [0.4, 0.5) is 13.2 Å². The van der Waals surface area contributed by atoms with Gasteiger partial charge in [-0.25, -0.2) is 4.68 Å². The van der Waals surface area contributed by atoms with Crippen LogP contribution < -0.4 is 0 Å². The lowest BCUT2D eigenvalue weighted by Crippen LogP contribution is -2.08. The number of hydrogen-bond donors (Lipinski definition) is 1. The van der Waals surface area contributed by atoms with Crippen LogP contribution >= 0.6 is 0 Å². The molecule has 1 N–H and O–H groups in total. The second-order valence-electron chi connectivity index (χ2n) is 8.17. The van der Waals surface area contributed by atoms with E-state index in [1.54, 1.807) is 59.5 Å². The van der Waals surface area contributed by atoms with Crippen LogP contribution in [0.2, 0.25) is 0 Å². The molecule has 6 rings (SSSR count). The van der Waals surface area contributed by atoms with E-state index in [0.29, 0.717) is 34.6 Å². The van der Waals surface area contributed by atoms with Gasteiger partial charge >= 0.3 is 6.18 Å². The number of aromatic nitrogens is 7. The average Bonchev–Trinajstić information content (AvgIpc) is 3.61. The molecule has 0 saturated heterocycles. The molecule has 0 aliphatic rings. The lowest BCUT2D eigenvalue weighted by molar-refractivity contribution is -0.140. The highest BCUT2D eigenvalue weighted by molar-refractivity contribution is 5.86. The summed E-state index contributed by atoms with van der Waals surface area (Å²) in [6.45, 7) is 0.412. The summed E-state index contributed by atoms with van der Waals surface area (Å²) in [5.74, 6) is 0. The van der Waals surface area contributed by atoms with Crippen LogP contribution in [-0.2, 0) is 12.7 Å². The van der Waals surface area contributed by atoms with Crippen LogP contribution in [0, 0.1) is 11.3 Å². The van der Waals surface area contributed by atoms with Crippen molar-refractivity contribution in [1.29, 1.82) is 5.26 Å². The van der Waals surface area contributed by atoms with E-state index in [1.165, 1.54) is 10.9 Å². The summed E-state index contributed by atoms with van der Waals surface area (Å²) < 4.78 is 44.4. The molecule has 4 heterocycles. The van der Waals surface area contributed by atoms with Gasteiger partial charge in [0, 0.05) is 23.3 Å². The van der Waals surface area contributed by atoms with Gasteiger partial charge in [-0.2, -0.15) is 33.7 Å². The molecule has 0 aliphatic heterocycles. The average molecular weight is 484 g/mol. The number of nitrogens with zero attached hydrogens (tertiary/aromatic N) is 7. The zero-order valence-electron chi connectivity index (χ0n) is 18.4. The molecule has 0 amide bonds. The molecule has 176 valence electrons. The monoisotopic (exact) mass is 484 g/mol. The summed E-state index contributed by atoms with van der Waals surface area (Å²) in [6, 6.07) is 17.7. The van der Waals surface area contributed by atoms with Crippen molar-refractivity contribution in [2.75, 3.05) is 0 Å². The number of nitriles is 1.